The molecule has 1 aromatic heterocycles. The molecule has 0 saturated heterocycles. The van der Waals surface area contributed by atoms with Crippen molar-refractivity contribution in [2.24, 2.45) is 0 Å². The SMILES string of the molecule is CCc1nc(CC)n(C(C)C(=O)c2ccc(Cl)cc2)n1. The van der Waals surface area contributed by atoms with Crippen molar-refractivity contribution < 1.29 is 4.79 Å². The third-order valence-electron chi connectivity index (χ3n) is 3.25. The summed E-state index contributed by atoms with van der Waals surface area (Å²) in [6.45, 7) is 5.87. The molecule has 2 rings (SSSR count). The van der Waals surface area contributed by atoms with Crippen LogP contribution in [0, 0.1) is 0 Å². The highest BCUT2D eigenvalue weighted by molar-refractivity contribution is 6.30. The fourth-order valence-corrected chi connectivity index (χ4v) is 2.20. The molecule has 1 unspecified atom stereocenters. The zero-order chi connectivity index (χ0) is 14.7. The van der Waals surface area contributed by atoms with Crippen molar-refractivity contribution in [3.63, 3.8) is 0 Å². The minimum atomic E-state index is -0.362. The Labute approximate surface area is 123 Å². The summed E-state index contributed by atoms with van der Waals surface area (Å²) in [4.78, 5) is 16.9. The van der Waals surface area contributed by atoms with Gasteiger partial charge in [-0.3, -0.25) is 4.79 Å². The van der Waals surface area contributed by atoms with E-state index >= 15 is 0 Å². The molecule has 106 valence electrons. The van der Waals surface area contributed by atoms with Gasteiger partial charge >= 0.3 is 0 Å². The van der Waals surface area contributed by atoms with Gasteiger partial charge in [0.15, 0.2) is 11.6 Å². The number of nitrogens with zero attached hydrogens (tertiary/aromatic N) is 3. The van der Waals surface area contributed by atoms with Crippen molar-refractivity contribution >= 4 is 17.4 Å². The monoisotopic (exact) mass is 291 g/mol. The summed E-state index contributed by atoms with van der Waals surface area (Å²) in [5.74, 6) is 1.64. The molecule has 1 heterocycles. The number of aryl methyl sites for hydroxylation is 2. The van der Waals surface area contributed by atoms with E-state index in [9.17, 15) is 4.79 Å². The lowest BCUT2D eigenvalue weighted by atomic mass is 10.1. The van der Waals surface area contributed by atoms with Crippen LogP contribution in [-0.2, 0) is 12.8 Å². The highest BCUT2D eigenvalue weighted by Gasteiger charge is 2.21. The normalized spacial score (nSPS) is 12.4. The summed E-state index contributed by atoms with van der Waals surface area (Å²) in [5.41, 5.74) is 0.637. The molecule has 0 saturated carbocycles. The molecule has 0 spiro atoms. The Bertz CT molecular complexity index is 604. The maximum Gasteiger partial charge on any atom is 0.187 e. The minimum Gasteiger partial charge on any atom is -0.292 e. The predicted octanol–water partition coefficient (Wildman–Crippen LogP) is 3.50. The Kier molecular flexibility index (Phi) is 4.55. The standard InChI is InChI=1S/C15H18ClN3O/c1-4-13-17-14(5-2)19(18-13)10(3)15(20)11-6-8-12(16)9-7-11/h6-10H,4-5H2,1-3H3. The van der Waals surface area contributed by atoms with E-state index < -0.39 is 0 Å². The Morgan fingerprint density at radius 1 is 1.25 bits per heavy atom. The van der Waals surface area contributed by atoms with Crippen molar-refractivity contribution in [3.05, 3.63) is 46.5 Å². The molecule has 0 fully saturated rings. The van der Waals surface area contributed by atoms with E-state index in [2.05, 4.69) is 10.1 Å². The lowest BCUT2D eigenvalue weighted by Gasteiger charge is -2.13. The van der Waals surface area contributed by atoms with Crippen molar-refractivity contribution in [1.29, 1.82) is 0 Å². The van der Waals surface area contributed by atoms with E-state index in [0.717, 1.165) is 24.5 Å². The van der Waals surface area contributed by atoms with E-state index in [-0.39, 0.29) is 11.8 Å². The molecule has 2 aromatic rings. The number of hydrogen-bond donors (Lipinski definition) is 0. The Hall–Kier alpha value is -1.68. The van der Waals surface area contributed by atoms with Crippen molar-refractivity contribution in [2.75, 3.05) is 0 Å². The maximum absolute atomic E-state index is 12.5. The molecule has 5 heteroatoms. The van der Waals surface area contributed by atoms with E-state index in [0.29, 0.717) is 10.6 Å². The van der Waals surface area contributed by atoms with Crippen LogP contribution in [0.15, 0.2) is 24.3 Å². The number of carbonyl (C=O) groups excluding carboxylic acids is 1. The molecule has 20 heavy (non-hydrogen) atoms. The molecule has 0 bridgehead atoms. The highest BCUT2D eigenvalue weighted by Crippen LogP contribution is 2.18. The van der Waals surface area contributed by atoms with Crippen LogP contribution < -0.4 is 0 Å². The van der Waals surface area contributed by atoms with Crippen LogP contribution in [-0.4, -0.2) is 20.5 Å². The van der Waals surface area contributed by atoms with E-state index in [1.54, 1.807) is 28.9 Å². The number of rotatable bonds is 5. The Balaban J connectivity index is 2.30. The fourth-order valence-electron chi connectivity index (χ4n) is 2.07. The molecule has 0 amide bonds. The Morgan fingerprint density at radius 3 is 2.45 bits per heavy atom. The van der Waals surface area contributed by atoms with E-state index in [1.165, 1.54) is 0 Å². The van der Waals surface area contributed by atoms with Gasteiger partial charge in [0.2, 0.25) is 0 Å². The average Bonchev–Trinajstić information content (AvgIpc) is 2.90. The predicted molar refractivity (Wildman–Crippen MR) is 79.3 cm³/mol. The molecule has 0 aliphatic heterocycles. The first-order chi connectivity index (χ1) is 9.56. The van der Waals surface area contributed by atoms with Gasteiger partial charge in [0.25, 0.3) is 0 Å². The van der Waals surface area contributed by atoms with Gasteiger partial charge < -0.3 is 0 Å². The van der Waals surface area contributed by atoms with E-state index in [1.807, 2.05) is 20.8 Å². The van der Waals surface area contributed by atoms with Crippen molar-refractivity contribution in [1.82, 2.24) is 14.8 Å². The first-order valence-corrected chi connectivity index (χ1v) is 7.18. The summed E-state index contributed by atoms with van der Waals surface area (Å²) < 4.78 is 1.73. The van der Waals surface area contributed by atoms with Gasteiger partial charge in [-0.2, -0.15) is 5.10 Å². The van der Waals surface area contributed by atoms with E-state index in [4.69, 9.17) is 11.6 Å². The first-order valence-electron chi connectivity index (χ1n) is 6.80. The van der Waals surface area contributed by atoms with Gasteiger partial charge in [0.1, 0.15) is 11.9 Å². The number of carbonyl (C=O) groups is 1. The number of benzene rings is 1. The Morgan fingerprint density at radius 2 is 1.90 bits per heavy atom. The summed E-state index contributed by atoms with van der Waals surface area (Å²) in [7, 11) is 0. The van der Waals surface area contributed by atoms with Crippen molar-refractivity contribution in [2.45, 2.75) is 39.7 Å². The molecule has 1 atom stereocenters. The number of Topliss-reactive ketones (excluding diaryl/α,β-unsaturated/α-hetero) is 1. The molecule has 0 aliphatic rings. The first kappa shape index (κ1) is 14.7. The highest BCUT2D eigenvalue weighted by atomic mass is 35.5. The van der Waals surface area contributed by atoms with Gasteiger partial charge in [-0.1, -0.05) is 25.4 Å². The van der Waals surface area contributed by atoms with Gasteiger partial charge in [-0.25, -0.2) is 9.67 Å². The second kappa shape index (κ2) is 6.18. The molecule has 0 aliphatic carbocycles. The largest absolute Gasteiger partial charge is 0.292 e. The fraction of sp³-hybridized carbons (Fsp3) is 0.400. The van der Waals surface area contributed by atoms with Crippen LogP contribution in [0.3, 0.4) is 0 Å². The minimum absolute atomic E-state index is 0.0175. The lowest BCUT2D eigenvalue weighted by Crippen LogP contribution is -2.20. The average molecular weight is 292 g/mol. The topological polar surface area (TPSA) is 47.8 Å². The molecular weight excluding hydrogens is 274 g/mol. The number of ketones is 1. The van der Waals surface area contributed by atoms with Crippen LogP contribution >= 0.6 is 11.6 Å². The summed E-state index contributed by atoms with van der Waals surface area (Å²) >= 11 is 5.84. The lowest BCUT2D eigenvalue weighted by molar-refractivity contribution is 0.0926. The second-order valence-electron chi connectivity index (χ2n) is 4.64. The van der Waals surface area contributed by atoms with Gasteiger partial charge in [-0.05, 0) is 31.2 Å². The smallest absolute Gasteiger partial charge is 0.187 e. The zero-order valence-electron chi connectivity index (χ0n) is 11.9. The van der Waals surface area contributed by atoms with Crippen LogP contribution in [0.4, 0.5) is 0 Å². The number of hydrogen-bond acceptors (Lipinski definition) is 3. The molecular formula is C15H18ClN3O. The third-order valence-corrected chi connectivity index (χ3v) is 3.51. The summed E-state index contributed by atoms with van der Waals surface area (Å²) in [6.07, 6.45) is 1.52. The summed E-state index contributed by atoms with van der Waals surface area (Å²) in [5, 5.41) is 5.04. The number of aromatic nitrogens is 3. The molecule has 0 N–H and O–H groups in total. The van der Waals surface area contributed by atoms with Crippen LogP contribution in [0.25, 0.3) is 0 Å². The van der Waals surface area contributed by atoms with Crippen LogP contribution in [0.1, 0.15) is 48.8 Å². The number of halogens is 1. The van der Waals surface area contributed by atoms with Crippen LogP contribution in [0.2, 0.25) is 5.02 Å². The molecule has 0 radical (unpaired) electrons. The van der Waals surface area contributed by atoms with Gasteiger partial charge in [0.05, 0.1) is 0 Å². The van der Waals surface area contributed by atoms with Crippen molar-refractivity contribution in [3.8, 4) is 0 Å². The van der Waals surface area contributed by atoms with Gasteiger partial charge in [-0.15, -0.1) is 0 Å². The second-order valence-corrected chi connectivity index (χ2v) is 5.08. The molecule has 1 aromatic carbocycles. The van der Waals surface area contributed by atoms with Crippen LogP contribution in [0.5, 0.6) is 0 Å². The quantitative estimate of drug-likeness (QED) is 0.792. The van der Waals surface area contributed by atoms with Gasteiger partial charge in [0, 0.05) is 23.4 Å². The summed E-state index contributed by atoms with van der Waals surface area (Å²) in [6, 6.07) is 6.57. The zero-order valence-corrected chi connectivity index (χ0v) is 12.7. The third kappa shape index (κ3) is 2.90. The molecule has 4 nitrogen and oxygen atoms in total. The maximum atomic E-state index is 12.5.